The highest BCUT2D eigenvalue weighted by molar-refractivity contribution is 7.92. The highest BCUT2D eigenvalue weighted by atomic mass is 32.2. The van der Waals surface area contributed by atoms with Gasteiger partial charge in [-0.25, -0.2) is 13.2 Å². The van der Waals surface area contributed by atoms with Crippen LogP contribution in [0.25, 0.3) is 0 Å². The van der Waals surface area contributed by atoms with Gasteiger partial charge in [0, 0.05) is 5.69 Å². The summed E-state index contributed by atoms with van der Waals surface area (Å²) >= 11 is 0. The van der Waals surface area contributed by atoms with Gasteiger partial charge >= 0.3 is 5.97 Å². The van der Waals surface area contributed by atoms with Crippen molar-refractivity contribution < 1.29 is 22.7 Å². The number of carbonyl (C=O) groups excluding carboxylic acids is 2. The van der Waals surface area contributed by atoms with E-state index in [1.807, 2.05) is 19.1 Å². The molecule has 0 radical (unpaired) electrons. The second-order valence-electron chi connectivity index (χ2n) is 6.82. The number of nitrogens with one attached hydrogen (secondary N) is 1. The number of ether oxygens (including phenoxy) is 1. The van der Waals surface area contributed by atoms with Crippen LogP contribution in [0.3, 0.4) is 0 Å². The summed E-state index contributed by atoms with van der Waals surface area (Å²) in [6.07, 6.45) is 1.07. The summed E-state index contributed by atoms with van der Waals surface area (Å²) in [5.74, 6) is -1.01. The van der Waals surface area contributed by atoms with E-state index in [0.717, 1.165) is 21.7 Å². The third-order valence-corrected chi connectivity index (χ3v) is 5.56. The molecule has 1 N–H and O–H groups in total. The van der Waals surface area contributed by atoms with Crippen molar-refractivity contribution in [2.45, 2.75) is 33.7 Å². The summed E-state index contributed by atoms with van der Waals surface area (Å²) in [7, 11) is -3.72. The molecule has 29 heavy (non-hydrogen) atoms. The molecular formula is C21H26N2O5S. The number of hydrogen-bond acceptors (Lipinski definition) is 5. The number of benzene rings is 2. The van der Waals surface area contributed by atoms with Crippen LogP contribution in [0.4, 0.5) is 11.4 Å². The minimum atomic E-state index is -3.72. The molecule has 8 heteroatoms. The van der Waals surface area contributed by atoms with E-state index in [2.05, 4.69) is 5.32 Å². The van der Waals surface area contributed by atoms with Crippen molar-refractivity contribution in [3.05, 3.63) is 59.2 Å². The van der Waals surface area contributed by atoms with Gasteiger partial charge in [-0.15, -0.1) is 0 Å². The lowest BCUT2D eigenvalue weighted by Crippen LogP contribution is -2.45. The van der Waals surface area contributed by atoms with Crippen LogP contribution in [0, 0.1) is 13.8 Å². The molecule has 0 saturated carbocycles. The van der Waals surface area contributed by atoms with E-state index in [4.69, 9.17) is 4.74 Å². The van der Waals surface area contributed by atoms with Gasteiger partial charge in [0.15, 0.2) is 0 Å². The zero-order valence-corrected chi connectivity index (χ0v) is 18.0. The molecule has 0 spiro atoms. The number of carbonyl (C=O) groups is 2. The lowest BCUT2D eigenvalue weighted by atomic mass is 10.1. The maximum Gasteiger partial charge on any atom is 0.338 e. The Morgan fingerprint density at radius 3 is 2.45 bits per heavy atom. The molecule has 0 aliphatic carbocycles. The van der Waals surface area contributed by atoms with E-state index in [1.165, 1.54) is 13.0 Å². The summed E-state index contributed by atoms with van der Waals surface area (Å²) in [6, 6.07) is 10.7. The van der Waals surface area contributed by atoms with Crippen molar-refractivity contribution in [2.75, 3.05) is 22.5 Å². The van der Waals surface area contributed by atoms with Gasteiger partial charge in [0.2, 0.25) is 15.9 Å². The molecule has 2 aromatic carbocycles. The van der Waals surface area contributed by atoms with Crippen LogP contribution in [0.1, 0.15) is 35.3 Å². The first-order valence-corrected chi connectivity index (χ1v) is 11.0. The summed E-state index contributed by atoms with van der Waals surface area (Å²) in [6.45, 7) is 7.12. The van der Waals surface area contributed by atoms with Crippen molar-refractivity contribution in [3.63, 3.8) is 0 Å². The lowest BCUT2D eigenvalue weighted by molar-refractivity contribution is -0.116. The van der Waals surface area contributed by atoms with Crippen LogP contribution in [0.15, 0.2) is 42.5 Å². The van der Waals surface area contributed by atoms with E-state index in [-0.39, 0.29) is 6.61 Å². The largest absolute Gasteiger partial charge is 0.462 e. The maximum absolute atomic E-state index is 12.8. The number of rotatable bonds is 7. The maximum atomic E-state index is 12.8. The Balaban J connectivity index is 2.32. The SMILES string of the molecule is CCOC(=O)c1cccc(NC(=O)C(C)N(c2cc(C)ccc2C)S(C)(=O)=O)c1. The highest BCUT2D eigenvalue weighted by Gasteiger charge is 2.30. The van der Waals surface area contributed by atoms with Crippen LogP contribution in [0.5, 0.6) is 0 Å². The smallest absolute Gasteiger partial charge is 0.338 e. The van der Waals surface area contributed by atoms with Crippen LogP contribution in [-0.2, 0) is 19.6 Å². The Morgan fingerprint density at radius 2 is 1.83 bits per heavy atom. The van der Waals surface area contributed by atoms with Crippen molar-refractivity contribution in [1.29, 1.82) is 0 Å². The number of amides is 1. The molecular weight excluding hydrogens is 392 g/mol. The average molecular weight is 419 g/mol. The Kier molecular flexibility index (Phi) is 7.02. The summed E-state index contributed by atoms with van der Waals surface area (Å²) in [4.78, 5) is 24.7. The molecule has 0 bridgehead atoms. The molecule has 0 aromatic heterocycles. The Morgan fingerprint density at radius 1 is 1.14 bits per heavy atom. The second kappa shape index (κ2) is 9.09. The van der Waals surface area contributed by atoms with Crippen molar-refractivity contribution in [2.24, 2.45) is 0 Å². The number of nitrogens with zero attached hydrogens (tertiary/aromatic N) is 1. The van der Waals surface area contributed by atoms with Gasteiger partial charge < -0.3 is 10.1 Å². The van der Waals surface area contributed by atoms with Crippen LogP contribution in [0.2, 0.25) is 0 Å². The third-order valence-electron chi connectivity index (χ3n) is 4.33. The van der Waals surface area contributed by atoms with Gasteiger partial charge in [0.1, 0.15) is 6.04 Å². The molecule has 0 aliphatic heterocycles. The average Bonchev–Trinajstić information content (AvgIpc) is 2.64. The predicted octanol–water partition coefficient (Wildman–Crippen LogP) is 3.27. The zero-order chi connectivity index (χ0) is 21.8. The third kappa shape index (κ3) is 5.57. The molecule has 1 unspecified atom stereocenters. The van der Waals surface area contributed by atoms with Crippen molar-refractivity contribution >= 4 is 33.3 Å². The monoisotopic (exact) mass is 418 g/mol. The highest BCUT2D eigenvalue weighted by Crippen LogP contribution is 2.26. The van der Waals surface area contributed by atoms with Gasteiger partial charge in [-0.1, -0.05) is 18.2 Å². The first-order valence-electron chi connectivity index (χ1n) is 9.19. The fourth-order valence-electron chi connectivity index (χ4n) is 2.92. The Hall–Kier alpha value is -2.87. The van der Waals surface area contributed by atoms with E-state index in [1.54, 1.807) is 38.1 Å². The van der Waals surface area contributed by atoms with Gasteiger partial charge in [0.05, 0.1) is 24.1 Å². The number of anilines is 2. The Bertz CT molecular complexity index is 1020. The molecule has 7 nitrogen and oxygen atoms in total. The molecule has 0 saturated heterocycles. The van der Waals surface area contributed by atoms with E-state index in [0.29, 0.717) is 16.9 Å². The standard InChI is InChI=1S/C21H26N2O5S/c1-6-28-21(25)17-8-7-9-18(13-17)22-20(24)16(4)23(29(5,26)27)19-12-14(2)10-11-15(19)3/h7-13,16H,6H2,1-5H3,(H,22,24). The normalized spacial score (nSPS) is 12.2. The molecule has 0 aliphatic rings. The number of aryl methyl sites for hydroxylation is 2. The van der Waals surface area contributed by atoms with Gasteiger partial charge in [-0.3, -0.25) is 9.10 Å². The molecule has 0 heterocycles. The molecule has 0 fully saturated rings. The quantitative estimate of drug-likeness (QED) is 0.697. The second-order valence-corrected chi connectivity index (χ2v) is 8.67. The van der Waals surface area contributed by atoms with Crippen LogP contribution in [-0.4, -0.2) is 39.2 Å². The zero-order valence-electron chi connectivity index (χ0n) is 17.2. The van der Waals surface area contributed by atoms with Gasteiger partial charge in [-0.2, -0.15) is 0 Å². The summed E-state index contributed by atoms with van der Waals surface area (Å²) in [5.41, 5.74) is 2.75. The van der Waals surface area contributed by atoms with Gasteiger partial charge in [0.25, 0.3) is 0 Å². The van der Waals surface area contributed by atoms with Gasteiger partial charge in [-0.05, 0) is 63.1 Å². The van der Waals surface area contributed by atoms with Crippen LogP contribution < -0.4 is 9.62 Å². The molecule has 2 rings (SSSR count). The molecule has 156 valence electrons. The minimum Gasteiger partial charge on any atom is -0.462 e. The van der Waals surface area contributed by atoms with Crippen molar-refractivity contribution in [3.8, 4) is 0 Å². The fraction of sp³-hybridized carbons (Fsp3) is 0.333. The van der Waals surface area contributed by atoms with E-state index in [9.17, 15) is 18.0 Å². The van der Waals surface area contributed by atoms with Crippen molar-refractivity contribution in [1.82, 2.24) is 0 Å². The first kappa shape index (κ1) is 22.4. The first-order chi connectivity index (χ1) is 13.5. The number of hydrogen-bond donors (Lipinski definition) is 1. The van der Waals surface area contributed by atoms with E-state index < -0.39 is 27.9 Å². The molecule has 2 aromatic rings. The number of sulfonamides is 1. The van der Waals surface area contributed by atoms with Crippen LogP contribution >= 0.6 is 0 Å². The summed E-state index contributed by atoms with van der Waals surface area (Å²) in [5, 5.41) is 2.68. The molecule has 1 atom stereocenters. The molecule has 1 amide bonds. The predicted molar refractivity (Wildman–Crippen MR) is 114 cm³/mol. The van der Waals surface area contributed by atoms with E-state index >= 15 is 0 Å². The lowest BCUT2D eigenvalue weighted by Gasteiger charge is -2.29. The number of esters is 1. The minimum absolute atomic E-state index is 0.242. The topological polar surface area (TPSA) is 92.8 Å². The fourth-order valence-corrected chi connectivity index (χ4v) is 4.15. The summed E-state index contributed by atoms with van der Waals surface area (Å²) < 4.78 is 31.1. The Labute approximate surface area is 171 Å².